The van der Waals surface area contributed by atoms with Gasteiger partial charge in [-0.15, -0.1) is 0 Å². The zero-order valence-corrected chi connectivity index (χ0v) is 11.2. The lowest BCUT2D eigenvalue weighted by molar-refractivity contribution is 0.104. The number of carbonyl (C=O) groups excluding carboxylic acids is 1. The van der Waals surface area contributed by atoms with Gasteiger partial charge < -0.3 is 14.9 Å². The molecule has 0 saturated heterocycles. The minimum atomic E-state index is -0.562. The molecule has 0 spiro atoms. The minimum absolute atomic E-state index is 0.0377. The number of ketones is 1. The molecule has 0 amide bonds. The van der Waals surface area contributed by atoms with E-state index in [1.807, 2.05) is 0 Å². The van der Waals surface area contributed by atoms with E-state index in [0.29, 0.717) is 0 Å². The van der Waals surface area contributed by atoms with Crippen LogP contribution in [0.2, 0.25) is 0 Å². The molecule has 0 fully saturated rings. The van der Waals surface area contributed by atoms with Crippen molar-refractivity contribution in [2.45, 2.75) is 0 Å². The Labute approximate surface area is 120 Å². The van der Waals surface area contributed by atoms with Crippen LogP contribution in [-0.2, 0) is 0 Å². The summed E-state index contributed by atoms with van der Waals surface area (Å²) < 4.78 is 18.4. The molecule has 5 heteroatoms. The molecule has 0 aliphatic carbocycles. The zero-order chi connectivity index (χ0) is 15.4. The quantitative estimate of drug-likeness (QED) is 0.670. The summed E-state index contributed by atoms with van der Waals surface area (Å²) in [5.41, 5.74) is 0.158. The second-order valence-electron chi connectivity index (χ2n) is 4.26. The molecular weight excluding hydrogens is 275 g/mol. The van der Waals surface area contributed by atoms with Gasteiger partial charge in [-0.3, -0.25) is 4.79 Å². The third kappa shape index (κ3) is 3.20. The normalized spacial score (nSPS) is 10.8. The fourth-order valence-electron chi connectivity index (χ4n) is 1.85. The number of aromatic hydroxyl groups is 2. The first-order valence-electron chi connectivity index (χ1n) is 6.10. The van der Waals surface area contributed by atoms with Crippen molar-refractivity contribution in [3.05, 3.63) is 59.4 Å². The van der Waals surface area contributed by atoms with Crippen molar-refractivity contribution in [3.8, 4) is 17.2 Å². The zero-order valence-electron chi connectivity index (χ0n) is 11.2. The largest absolute Gasteiger partial charge is 0.508 e. The van der Waals surface area contributed by atoms with Gasteiger partial charge in [0.15, 0.2) is 5.78 Å². The van der Waals surface area contributed by atoms with Gasteiger partial charge in [0.25, 0.3) is 0 Å². The molecule has 2 aromatic carbocycles. The van der Waals surface area contributed by atoms with Crippen molar-refractivity contribution in [1.29, 1.82) is 0 Å². The van der Waals surface area contributed by atoms with Gasteiger partial charge in [-0.05, 0) is 18.2 Å². The Morgan fingerprint density at radius 3 is 2.62 bits per heavy atom. The van der Waals surface area contributed by atoms with E-state index in [-0.39, 0.29) is 22.6 Å². The van der Waals surface area contributed by atoms with E-state index in [4.69, 9.17) is 4.74 Å². The molecule has 0 aliphatic rings. The molecule has 0 unspecified atom stereocenters. The van der Waals surface area contributed by atoms with E-state index in [2.05, 4.69) is 0 Å². The van der Waals surface area contributed by atoms with Gasteiger partial charge in [-0.2, -0.15) is 0 Å². The van der Waals surface area contributed by atoms with Crippen LogP contribution in [-0.4, -0.2) is 23.1 Å². The summed E-state index contributed by atoms with van der Waals surface area (Å²) in [5, 5.41) is 19.1. The number of phenolic OH excluding ortho intramolecular Hbond substituents is 2. The number of carbonyl (C=O) groups is 1. The van der Waals surface area contributed by atoms with Gasteiger partial charge in [0, 0.05) is 17.7 Å². The molecule has 0 aliphatic heterocycles. The smallest absolute Gasteiger partial charge is 0.193 e. The van der Waals surface area contributed by atoms with Crippen LogP contribution in [0.15, 0.2) is 42.5 Å². The number of rotatable bonds is 4. The Balaban J connectivity index is 2.35. The number of benzene rings is 2. The topological polar surface area (TPSA) is 66.8 Å². The molecule has 0 bridgehead atoms. The Morgan fingerprint density at radius 1 is 1.24 bits per heavy atom. The van der Waals surface area contributed by atoms with E-state index in [1.165, 1.54) is 31.4 Å². The van der Waals surface area contributed by atoms with Crippen molar-refractivity contribution < 1.29 is 24.1 Å². The number of ether oxygens (including phenoxy) is 1. The highest BCUT2D eigenvalue weighted by Gasteiger charge is 2.16. The summed E-state index contributed by atoms with van der Waals surface area (Å²) in [4.78, 5) is 12.1. The van der Waals surface area contributed by atoms with Crippen LogP contribution in [0.1, 0.15) is 15.9 Å². The molecule has 0 heterocycles. The van der Waals surface area contributed by atoms with Crippen molar-refractivity contribution in [2.24, 2.45) is 0 Å². The van der Waals surface area contributed by atoms with Crippen LogP contribution < -0.4 is 4.74 Å². The second-order valence-corrected chi connectivity index (χ2v) is 4.26. The summed E-state index contributed by atoms with van der Waals surface area (Å²) in [6.07, 6.45) is 2.44. The molecule has 0 aromatic heterocycles. The standard InChI is InChI=1S/C16H13FO4/c1-21-15-9-11(18)8-14(20)16(15)13(19)7-6-10-4-2-3-5-12(10)17/h2-9,18,20H,1H3/b7-6+. The molecule has 0 saturated carbocycles. The molecule has 2 N–H and O–H groups in total. The van der Waals surface area contributed by atoms with Gasteiger partial charge in [0.05, 0.1) is 7.11 Å². The van der Waals surface area contributed by atoms with Crippen molar-refractivity contribution >= 4 is 11.9 Å². The average molecular weight is 288 g/mol. The maximum atomic E-state index is 13.5. The monoisotopic (exact) mass is 288 g/mol. The third-order valence-electron chi connectivity index (χ3n) is 2.85. The average Bonchev–Trinajstić information content (AvgIpc) is 2.45. The SMILES string of the molecule is COc1cc(O)cc(O)c1C(=O)/C=C/c1ccccc1F. The van der Waals surface area contributed by atoms with Crippen LogP contribution in [0.25, 0.3) is 6.08 Å². The predicted octanol–water partition coefficient (Wildman–Crippen LogP) is 3.14. The first kappa shape index (κ1) is 14.6. The molecule has 0 atom stereocenters. The maximum absolute atomic E-state index is 13.5. The van der Waals surface area contributed by atoms with E-state index < -0.39 is 17.3 Å². The number of hydrogen-bond donors (Lipinski definition) is 2. The fraction of sp³-hybridized carbons (Fsp3) is 0.0625. The molecular formula is C16H13FO4. The summed E-state index contributed by atoms with van der Waals surface area (Å²) in [6.45, 7) is 0. The number of halogens is 1. The molecule has 108 valence electrons. The second kappa shape index (κ2) is 6.09. The van der Waals surface area contributed by atoms with Gasteiger partial charge in [0.2, 0.25) is 0 Å². The molecule has 2 aromatic rings. The lowest BCUT2D eigenvalue weighted by Crippen LogP contribution is -1.99. The van der Waals surface area contributed by atoms with Crippen LogP contribution in [0, 0.1) is 5.82 Å². The predicted molar refractivity (Wildman–Crippen MR) is 76.1 cm³/mol. The van der Waals surface area contributed by atoms with E-state index in [1.54, 1.807) is 12.1 Å². The fourth-order valence-corrected chi connectivity index (χ4v) is 1.85. The molecule has 2 rings (SSSR count). The van der Waals surface area contributed by atoms with E-state index in [9.17, 15) is 19.4 Å². The number of phenols is 2. The number of allylic oxidation sites excluding steroid dienone is 1. The summed E-state index contributed by atoms with van der Waals surface area (Å²) in [7, 11) is 1.31. The molecule has 21 heavy (non-hydrogen) atoms. The first-order chi connectivity index (χ1) is 10.0. The van der Waals surface area contributed by atoms with E-state index in [0.717, 1.165) is 12.1 Å². The number of hydrogen-bond acceptors (Lipinski definition) is 4. The van der Waals surface area contributed by atoms with Gasteiger partial charge in [-0.25, -0.2) is 4.39 Å². The highest BCUT2D eigenvalue weighted by molar-refractivity contribution is 6.10. The first-order valence-corrected chi connectivity index (χ1v) is 6.10. The van der Waals surface area contributed by atoms with Gasteiger partial charge in [0.1, 0.15) is 28.6 Å². The molecule has 4 nitrogen and oxygen atoms in total. The molecule has 0 radical (unpaired) electrons. The third-order valence-corrected chi connectivity index (χ3v) is 2.85. The lowest BCUT2D eigenvalue weighted by Gasteiger charge is -2.08. The summed E-state index contributed by atoms with van der Waals surface area (Å²) in [5.74, 6) is -1.61. The van der Waals surface area contributed by atoms with E-state index >= 15 is 0 Å². The Hall–Kier alpha value is -2.82. The van der Waals surface area contributed by atoms with Crippen LogP contribution in [0.4, 0.5) is 4.39 Å². The lowest BCUT2D eigenvalue weighted by atomic mass is 10.1. The van der Waals surface area contributed by atoms with Gasteiger partial charge >= 0.3 is 0 Å². The van der Waals surface area contributed by atoms with Crippen molar-refractivity contribution in [3.63, 3.8) is 0 Å². The highest BCUT2D eigenvalue weighted by Crippen LogP contribution is 2.33. The van der Waals surface area contributed by atoms with Crippen LogP contribution in [0.5, 0.6) is 17.2 Å². The summed E-state index contributed by atoms with van der Waals surface area (Å²) >= 11 is 0. The minimum Gasteiger partial charge on any atom is -0.508 e. The van der Waals surface area contributed by atoms with Crippen LogP contribution >= 0.6 is 0 Å². The van der Waals surface area contributed by atoms with Crippen molar-refractivity contribution in [2.75, 3.05) is 7.11 Å². The Morgan fingerprint density at radius 2 is 1.95 bits per heavy atom. The highest BCUT2D eigenvalue weighted by atomic mass is 19.1. The Kier molecular flexibility index (Phi) is 4.23. The maximum Gasteiger partial charge on any atom is 0.193 e. The van der Waals surface area contributed by atoms with Crippen molar-refractivity contribution in [1.82, 2.24) is 0 Å². The van der Waals surface area contributed by atoms with Crippen LogP contribution in [0.3, 0.4) is 0 Å². The number of methoxy groups -OCH3 is 1. The Bertz CT molecular complexity index is 707. The van der Waals surface area contributed by atoms with Gasteiger partial charge in [-0.1, -0.05) is 18.2 Å². The summed E-state index contributed by atoms with van der Waals surface area (Å²) in [6, 6.07) is 8.24.